The number of nitrogens with one attached hydrogen (secondary N) is 1. The van der Waals surface area contributed by atoms with Crippen LogP contribution in [0.25, 0.3) is 0 Å². The quantitative estimate of drug-likeness (QED) is 0.856. The van der Waals surface area contributed by atoms with E-state index in [-0.39, 0.29) is 11.9 Å². The number of piperidine rings is 1. The number of nitriles is 1. The lowest BCUT2D eigenvalue weighted by Gasteiger charge is -2.30. The molecule has 0 saturated carbocycles. The van der Waals surface area contributed by atoms with E-state index in [0.717, 1.165) is 37.1 Å². The van der Waals surface area contributed by atoms with Crippen molar-refractivity contribution in [2.75, 3.05) is 19.6 Å². The number of benzene rings is 1. The lowest BCUT2D eigenvalue weighted by molar-refractivity contribution is 0.0914. The molecule has 2 rings (SSSR count). The number of rotatable bonds is 3. The Balaban J connectivity index is 1.91. The van der Waals surface area contributed by atoms with Crippen molar-refractivity contribution >= 4 is 5.91 Å². The van der Waals surface area contributed by atoms with Gasteiger partial charge in [0, 0.05) is 24.7 Å². The minimum atomic E-state index is 0.0150. The Labute approximate surface area is 120 Å². The molecule has 0 aliphatic carbocycles. The monoisotopic (exact) mass is 271 g/mol. The molecular weight excluding hydrogens is 250 g/mol. The van der Waals surface area contributed by atoms with Crippen LogP contribution in [0.3, 0.4) is 0 Å². The second-order valence-corrected chi connectivity index (χ2v) is 5.50. The number of aryl methyl sites for hydroxylation is 2. The van der Waals surface area contributed by atoms with E-state index in [0.29, 0.717) is 6.54 Å². The smallest absolute Gasteiger partial charge is 0.251 e. The fourth-order valence-corrected chi connectivity index (χ4v) is 2.67. The first-order valence-corrected chi connectivity index (χ1v) is 7.07. The van der Waals surface area contributed by atoms with Crippen LogP contribution in [0.15, 0.2) is 18.2 Å². The van der Waals surface area contributed by atoms with Gasteiger partial charge in [-0.15, -0.1) is 0 Å². The fraction of sp³-hybridized carbons (Fsp3) is 0.500. The number of nitrogens with zero attached hydrogens (tertiary/aromatic N) is 2. The van der Waals surface area contributed by atoms with Crippen LogP contribution < -0.4 is 5.32 Å². The lowest BCUT2D eigenvalue weighted by Crippen LogP contribution is -2.44. The molecule has 20 heavy (non-hydrogen) atoms. The molecule has 1 N–H and O–H groups in total. The highest BCUT2D eigenvalue weighted by molar-refractivity contribution is 5.95. The van der Waals surface area contributed by atoms with E-state index >= 15 is 0 Å². The van der Waals surface area contributed by atoms with Crippen LogP contribution in [0.1, 0.15) is 34.3 Å². The highest BCUT2D eigenvalue weighted by Crippen LogP contribution is 2.13. The van der Waals surface area contributed by atoms with Gasteiger partial charge < -0.3 is 5.32 Å². The maximum absolute atomic E-state index is 12.3. The molecule has 106 valence electrons. The first kappa shape index (κ1) is 14.5. The summed E-state index contributed by atoms with van der Waals surface area (Å²) in [6, 6.07) is 8.29. The molecule has 0 unspecified atom stereocenters. The predicted octanol–water partition coefficient (Wildman–Crippen LogP) is 2.02. The van der Waals surface area contributed by atoms with Gasteiger partial charge >= 0.3 is 0 Å². The number of carbonyl (C=O) groups is 1. The van der Waals surface area contributed by atoms with E-state index in [2.05, 4.69) is 16.3 Å². The molecular formula is C16H21N3O. The van der Waals surface area contributed by atoms with Crippen molar-refractivity contribution in [1.29, 1.82) is 5.26 Å². The number of hydrogen-bond donors (Lipinski definition) is 1. The summed E-state index contributed by atoms with van der Waals surface area (Å²) in [5.41, 5.74) is 2.95. The van der Waals surface area contributed by atoms with E-state index in [4.69, 9.17) is 5.26 Å². The zero-order chi connectivity index (χ0) is 14.5. The highest BCUT2D eigenvalue weighted by Gasteiger charge is 2.21. The van der Waals surface area contributed by atoms with E-state index < -0.39 is 0 Å². The van der Waals surface area contributed by atoms with Gasteiger partial charge in [-0.1, -0.05) is 17.7 Å². The molecule has 0 bridgehead atoms. The van der Waals surface area contributed by atoms with E-state index in [1.54, 1.807) is 0 Å². The van der Waals surface area contributed by atoms with Gasteiger partial charge in [-0.3, -0.25) is 9.69 Å². The summed E-state index contributed by atoms with van der Waals surface area (Å²) >= 11 is 0. The summed E-state index contributed by atoms with van der Waals surface area (Å²) in [5.74, 6) is 0.0150. The van der Waals surface area contributed by atoms with Crippen molar-refractivity contribution in [1.82, 2.24) is 10.2 Å². The number of hydrogen-bond acceptors (Lipinski definition) is 3. The molecule has 1 aromatic carbocycles. The Hall–Kier alpha value is -1.86. The molecule has 0 atom stereocenters. The third-order valence-corrected chi connectivity index (χ3v) is 3.84. The van der Waals surface area contributed by atoms with Crippen molar-refractivity contribution in [2.24, 2.45) is 0 Å². The molecule has 1 aromatic rings. The average Bonchev–Trinajstić information content (AvgIpc) is 2.41. The molecule has 1 aliphatic rings. The normalized spacial score (nSPS) is 16.6. The standard InChI is InChI=1S/C16H21N3O/c1-12-3-4-15(13(2)11-12)16(20)18-14-5-8-19(9-6-14)10-7-17/h3-4,11,14H,5-6,8-10H2,1-2H3,(H,18,20). The minimum Gasteiger partial charge on any atom is -0.349 e. The van der Waals surface area contributed by atoms with Gasteiger partial charge in [0.05, 0.1) is 12.6 Å². The van der Waals surface area contributed by atoms with Gasteiger partial charge in [-0.25, -0.2) is 0 Å². The topological polar surface area (TPSA) is 56.1 Å². The Kier molecular flexibility index (Phi) is 4.75. The predicted molar refractivity (Wildman–Crippen MR) is 78.5 cm³/mol. The van der Waals surface area contributed by atoms with Crippen LogP contribution in [0, 0.1) is 25.2 Å². The number of carbonyl (C=O) groups excluding carboxylic acids is 1. The number of likely N-dealkylation sites (tertiary alicyclic amines) is 1. The third-order valence-electron chi connectivity index (χ3n) is 3.84. The zero-order valence-corrected chi connectivity index (χ0v) is 12.1. The molecule has 1 saturated heterocycles. The van der Waals surface area contributed by atoms with Crippen molar-refractivity contribution < 1.29 is 4.79 Å². The fourth-order valence-electron chi connectivity index (χ4n) is 2.67. The Morgan fingerprint density at radius 3 is 2.70 bits per heavy atom. The lowest BCUT2D eigenvalue weighted by atomic mass is 10.0. The van der Waals surface area contributed by atoms with Gasteiger partial charge in [-0.2, -0.15) is 5.26 Å². The average molecular weight is 271 g/mol. The first-order valence-electron chi connectivity index (χ1n) is 7.07. The Morgan fingerprint density at radius 1 is 1.40 bits per heavy atom. The Morgan fingerprint density at radius 2 is 2.10 bits per heavy atom. The van der Waals surface area contributed by atoms with E-state index in [9.17, 15) is 4.79 Å². The van der Waals surface area contributed by atoms with Crippen LogP contribution in [0.2, 0.25) is 0 Å². The van der Waals surface area contributed by atoms with Crippen LogP contribution in [0.5, 0.6) is 0 Å². The Bertz CT molecular complexity index is 525. The van der Waals surface area contributed by atoms with Gasteiger partial charge in [0.25, 0.3) is 5.91 Å². The zero-order valence-electron chi connectivity index (χ0n) is 12.1. The summed E-state index contributed by atoms with van der Waals surface area (Å²) in [6.45, 7) is 6.24. The summed E-state index contributed by atoms with van der Waals surface area (Å²) in [6.07, 6.45) is 1.83. The third kappa shape index (κ3) is 3.58. The summed E-state index contributed by atoms with van der Waals surface area (Å²) in [7, 11) is 0. The molecule has 1 aliphatic heterocycles. The maximum Gasteiger partial charge on any atom is 0.251 e. The van der Waals surface area contributed by atoms with Crippen molar-refractivity contribution in [3.63, 3.8) is 0 Å². The molecule has 4 nitrogen and oxygen atoms in total. The van der Waals surface area contributed by atoms with Crippen molar-refractivity contribution in [2.45, 2.75) is 32.7 Å². The molecule has 1 heterocycles. The molecule has 4 heteroatoms. The molecule has 1 fully saturated rings. The minimum absolute atomic E-state index is 0.0150. The highest BCUT2D eigenvalue weighted by atomic mass is 16.1. The van der Waals surface area contributed by atoms with Gasteiger partial charge in [0.2, 0.25) is 0 Å². The molecule has 0 aromatic heterocycles. The summed E-state index contributed by atoms with van der Waals surface area (Å²) < 4.78 is 0. The molecule has 1 amide bonds. The van der Waals surface area contributed by atoms with Crippen LogP contribution in [0.4, 0.5) is 0 Å². The summed E-state index contributed by atoms with van der Waals surface area (Å²) in [5, 5.41) is 11.8. The largest absolute Gasteiger partial charge is 0.349 e. The molecule has 0 radical (unpaired) electrons. The summed E-state index contributed by atoms with van der Waals surface area (Å²) in [4.78, 5) is 14.4. The molecule has 0 spiro atoms. The van der Waals surface area contributed by atoms with E-state index in [1.807, 2.05) is 32.0 Å². The first-order chi connectivity index (χ1) is 9.60. The van der Waals surface area contributed by atoms with Crippen LogP contribution in [-0.2, 0) is 0 Å². The second-order valence-electron chi connectivity index (χ2n) is 5.50. The van der Waals surface area contributed by atoms with Gasteiger partial charge in [0.15, 0.2) is 0 Å². The van der Waals surface area contributed by atoms with Crippen LogP contribution in [-0.4, -0.2) is 36.5 Å². The second kappa shape index (κ2) is 6.53. The maximum atomic E-state index is 12.3. The van der Waals surface area contributed by atoms with Gasteiger partial charge in [-0.05, 0) is 38.3 Å². The SMILES string of the molecule is Cc1ccc(C(=O)NC2CCN(CC#N)CC2)c(C)c1. The van der Waals surface area contributed by atoms with Crippen molar-refractivity contribution in [3.8, 4) is 6.07 Å². The van der Waals surface area contributed by atoms with Gasteiger partial charge in [0.1, 0.15) is 0 Å². The van der Waals surface area contributed by atoms with Crippen LogP contribution >= 0.6 is 0 Å². The van der Waals surface area contributed by atoms with E-state index in [1.165, 1.54) is 5.56 Å². The number of amides is 1. The van der Waals surface area contributed by atoms with Crippen molar-refractivity contribution in [3.05, 3.63) is 34.9 Å².